The van der Waals surface area contributed by atoms with E-state index in [-0.39, 0.29) is 17.4 Å². The zero-order valence-corrected chi connectivity index (χ0v) is 13.0. The molecule has 1 unspecified atom stereocenters. The molecule has 5 nitrogen and oxygen atoms in total. The monoisotopic (exact) mass is 279 g/mol. The van der Waals surface area contributed by atoms with Gasteiger partial charge in [-0.05, 0) is 18.6 Å². The molecule has 0 aromatic carbocycles. The topological polar surface area (TPSA) is 77.2 Å². The summed E-state index contributed by atoms with van der Waals surface area (Å²) in [5.41, 5.74) is 7.00. The van der Waals surface area contributed by atoms with E-state index < -0.39 is 0 Å². The van der Waals surface area contributed by atoms with E-state index in [2.05, 4.69) is 10.3 Å². The molecule has 3 N–H and O–H groups in total. The van der Waals surface area contributed by atoms with E-state index >= 15 is 0 Å². The molecule has 0 aliphatic carbocycles. The molecule has 1 heterocycles. The predicted octanol–water partition coefficient (Wildman–Crippen LogP) is 2.12. The number of nitrogens with zero attached hydrogens (tertiary/aromatic N) is 1. The number of nitrogens with two attached hydrogens (primary N) is 1. The van der Waals surface area contributed by atoms with Gasteiger partial charge in [0.05, 0.1) is 12.6 Å². The van der Waals surface area contributed by atoms with Crippen molar-refractivity contribution >= 4 is 11.7 Å². The van der Waals surface area contributed by atoms with E-state index in [9.17, 15) is 4.79 Å². The van der Waals surface area contributed by atoms with Gasteiger partial charge in [0.1, 0.15) is 5.82 Å². The molecule has 0 fully saturated rings. The molecule has 1 aromatic heterocycles. The average molecular weight is 279 g/mol. The largest absolute Gasteiger partial charge is 0.384 e. The molecule has 1 amide bonds. The lowest BCUT2D eigenvalue weighted by atomic mass is 9.90. The molecule has 112 valence electrons. The maximum Gasteiger partial charge on any atom is 0.251 e. The number of ether oxygens (including phenoxy) is 1. The Balaban J connectivity index is 2.96. The van der Waals surface area contributed by atoms with Crippen LogP contribution in [0.1, 0.15) is 50.2 Å². The van der Waals surface area contributed by atoms with Crippen molar-refractivity contribution < 1.29 is 9.53 Å². The van der Waals surface area contributed by atoms with Gasteiger partial charge >= 0.3 is 0 Å². The molecule has 1 aromatic rings. The first kappa shape index (κ1) is 16.4. The molecule has 1 rings (SSSR count). The van der Waals surface area contributed by atoms with Crippen LogP contribution in [0.3, 0.4) is 0 Å². The Labute approximate surface area is 120 Å². The molecule has 0 radical (unpaired) electrons. The Morgan fingerprint density at radius 3 is 2.60 bits per heavy atom. The van der Waals surface area contributed by atoms with Crippen molar-refractivity contribution in [3.8, 4) is 0 Å². The van der Waals surface area contributed by atoms with Gasteiger partial charge in [-0.25, -0.2) is 4.98 Å². The Morgan fingerprint density at radius 2 is 2.10 bits per heavy atom. The fourth-order valence-electron chi connectivity index (χ4n) is 1.80. The fraction of sp³-hybridized carbons (Fsp3) is 0.600. The highest BCUT2D eigenvalue weighted by atomic mass is 16.5. The standard InChI is InChI=1S/C15H25N3O2/c1-6-11(9-20-5)17-14(19)10-7-12(15(2,3)4)18-13(16)8-10/h7-8,11H,6,9H2,1-5H3,(H2,16,18)(H,17,19). The van der Waals surface area contributed by atoms with Crippen molar-refractivity contribution in [2.24, 2.45) is 0 Å². The second-order valence-electron chi connectivity index (χ2n) is 5.95. The third-order valence-electron chi connectivity index (χ3n) is 3.07. The molecular formula is C15H25N3O2. The Bertz CT molecular complexity index is 467. The molecule has 1 atom stereocenters. The molecule has 0 saturated heterocycles. The van der Waals surface area contributed by atoms with Crippen molar-refractivity contribution in [2.45, 2.75) is 45.6 Å². The average Bonchev–Trinajstić information content (AvgIpc) is 2.36. The van der Waals surface area contributed by atoms with Gasteiger partial charge in [0, 0.05) is 23.8 Å². The molecule has 0 spiro atoms. The zero-order chi connectivity index (χ0) is 15.3. The van der Waals surface area contributed by atoms with Crippen molar-refractivity contribution in [2.75, 3.05) is 19.5 Å². The van der Waals surface area contributed by atoms with Crippen LogP contribution < -0.4 is 11.1 Å². The second kappa shape index (κ2) is 6.70. The van der Waals surface area contributed by atoms with Crippen LogP contribution in [-0.4, -0.2) is 30.6 Å². The van der Waals surface area contributed by atoms with Crippen LogP contribution in [0.2, 0.25) is 0 Å². The van der Waals surface area contributed by atoms with Gasteiger partial charge in [-0.2, -0.15) is 0 Å². The van der Waals surface area contributed by atoms with Crippen molar-refractivity contribution in [1.82, 2.24) is 10.3 Å². The van der Waals surface area contributed by atoms with Gasteiger partial charge in [0.15, 0.2) is 0 Å². The number of rotatable bonds is 5. The predicted molar refractivity (Wildman–Crippen MR) is 80.8 cm³/mol. The van der Waals surface area contributed by atoms with Gasteiger partial charge < -0.3 is 15.8 Å². The molecule has 5 heteroatoms. The lowest BCUT2D eigenvalue weighted by Crippen LogP contribution is -2.37. The summed E-state index contributed by atoms with van der Waals surface area (Å²) >= 11 is 0. The number of hydrogen-bond acceptors (Lipinski definition) is 4. The Hall–Kier alpha value is -1.62. The SMILES string of the molecule is CCC(COC)NC(=O)c1cc(N)nc(C(C)(C)C)c1. The number of carbonyl (C=O) groups is 1. The number of nitrogen functional groups attached to an aromatic ring is 1. The van der Waals surface area contributed by atoms with Gasteiger partial charge in [0.25, 0.3) is 5.91 Å². The number of aromatic nitrogens is 1. The number of carbonyl (C=O) groups excluding carboxylic acids is 1. The van der Waals surface area contributed by atoms with Crippen molar-refractivity contribution in [1.29, 1.82) is 0 Å². The first-order valence-corrected chi connectivity index (χ1v) is 6.85. The summed E-state index contributed by atoms with van der Waals surface area (Å²) in [4.78, 5) is 16.6. The first-order chi connectivity index (χ1) is 9.27. The lowest BCUT2D eigenvalue weighted by molar-refractivity contribution is 0.0894. The third kappa shape index (κ3) is 4.49. The Morgan fingerprint density at radius 1 is 1.45 bits per heavy atom. The molecule has 0 aliphatic rings. The van der Waals surface area contributed by atoms with Gasteiger partial charge in [-0.3, -0.25) is 4.79 Å². The molecule has 20 heavy (non-hydrogen) atoms. The van der Waals surface area contributed by atoms with Crippen LogP contribution in [0.25, 0.3) is 0 Å². The van der Waals surface area contributed by atoms with E-state index in [0.29, 0.717) is 18.0 Å². The fourth-order valence-corrected chi connectivity index (χ4v) is 1.80. The summed E-state index contributed by atoms with van der Waals surface area (Å²) in [6, 6.07) is 3.40. The minimum Gasteiger partial charge on any atom is -0.384 e. The number of hydrogen-bond donors (Lipinski definition) is 2. The summed E-state index contributed by atoms with van der Waals surface area (Å²) in [7, 11) is 1.62. The smallest absolute Gasteiger partial charge is 0.251 e. The van der Waals surface area contributed by atoms with Crippen LogP contribution in [0.5, 0.6) is 0 Å². The minimum absolute atomic E-state index is 0.0000217. The van der Waals surface area contributed by atoms with Gasteiger partial charge in [-0.15, -0.1) is 0 Å². The summed E-state index contributed by atoms with van der Waals surface area (Å²) in [5.74, 6) is 0.218. The molecule has 0 saturated carbocycles. The normalized spacial score (nSPS) is 13.1. The minimum atomic E-state index is -0.152. The van der Waals surface area contributed by atoms with E-state index in [4.69, 9.17) is 10.5 Å². The first-order valence-electron chi connectivity index (χ1n) is 6.85. The van der Waals surface area contributed by atoms with Crippen molar-refractivity contribution in [3.05, 3.63) is 23.4 Å². The third-order valence-corrected chi connectivity index (χ3v) is 3.07. The van der Waals surface area contributed by atoms with Crippen LogP contribution in [0.15, 0.2) is 12.1 Å². The number of amides is 1. The molecule has 0 bridgehead atoms. The highest BCUT2D eigenvalue weighted by Gasteiger charge is 2.19. The summed E-state index contributed by atoms with van der Waals surface area (Å²) < 4.78 is 5.08. The second-order valence-corrected chi connectivity index (χ2v) is 5.95. The molecule has 0 aliphatic heterocycles. The maximum absolute atomic E-state index is 12.3. The number of nitrogens with one attached hydrogen (secondary N) is 1. The van der Waals surface area contributed by atoms with Crippen LogP contribution in [-0.2, 0) is 10.2 Å². The van der Waals surface area contributed by atoms with Crippen molar-refractivity contribution in [3.63, 3.8) is 0 Å². The quantitative estimate of drug-likeness (QED) is 0.865. The maximum atomic E-state index is 12.3. The van der Waals surface area contributed by atoms with Crippen LogP contribution in [0, 0.1) is 0 Å². The number of pyridine rings is 1. The Kier molecular flexibility index (Phi) is 5.51. The summed E-state index contributed by atoms with van der Waals surface area (Å²) in [6.45, 7) is 8.61. The van der Waals surface area contributed by atoms with Gasteiger partial charge in [0.2, 0.25) is 0 Å². The highest BCUT2D eigenvalue weighted by molar-refractivity contribution is 5.95. The number of methoxy groups -OCH3 is 1. The van der Waals surface area contributed by atoms with E-state index in [1.807, 2.05) is 27.7 Å². The van der Waals surface area contributed by atoms with Gasteiger partial charge in [-0.1, -0.05) is 27.7 Å². The van der Waals surface area contributed by atoms with E-state index in [0.717, 1.165) is 12.1 Å². The van der Waals surface area contributed by atoms with Crippen LogP contribution >= 0.6 is 0 Å². The van der Waals surface area contributed by atoms with Crippen LogP contribution in [0.4, 0.5) is 5.82 Å². The highest BCUT2D eigenvalue weighted by Crippen LogP contribution is 2.22. The summed E-state index contributed by atoms with van der Waals surface area (Å²) in [6.07, 6.45) is 0.812. The van der Waals surface area contributed by atoms with E-state index in [1.54, 1.807) is 19.2 Å². The summed E-state index contributed by atoms with van der Waals surface area (Å²) in [5, 5.41) is 2.94. The molecular weight excluding hydrogens is 254 g/mol. The van der Waals surface area contributed by atoms with E-state index in [1.165, 1.54) is 0 Å². The lowest BCUT2D eigenvalue weighted by Gasteiger charge is -2.20. The number of anilines is 1. The zero-order valence-electron chi connectivity index (χ0n) is 13.0.